The molecule has 10 heteroatoms. The molecule has 2 amide bonds. The number of carbonyl (C=O) groups is 2. The maximum Gasteiger partial charge on any atom is 0.245 e. The second kappa shape index (κ2) is 13.8. The van der Waals surface area contributed by atoms with Crippen molar-refractivity contribution in [2.75, 3.05) is 26.2 Å². The standard InChI is InChI=1S/C37H51ClN4O4S/c1-36(2)18-23-42(47(36,45)46)25-37(28-9-4-3-5-10-28)19-21-41(22-20-37)35(44)32(24-26-12-15-29(38)16-13-26)40-34(43)31-17-14-27-8-6-7-11-30(27)33(31)39/h6-8,11-13,15-16,28,31-33H,3-5,9-10,14,17-25,39H2,1-2H3,(H,40,43)/t31?,32-,33?/m1/s1. The first-order chi connectivity index (χ1) is 22.4. The molecule has 2 aromatic rings. The van der Waals surface area contributed by atoms with Crippen molar-refractivity contribution in [1.29, 1.82) is 0 Å². The molecule has 6 rings (SSSR count). The van der Waals surface area contributed by atoms with Gasteiger partial charge in [-0.15, -0.1) is 0 Å². The number of halogens is 1. The van der Waals surface area contributed by atoms with Crippen LogP contribution < -0.4 is 11.1 Å². The van der Waals surface area contributed by atoms with E-state index in [0.29, 0.717) is 56.4 Å². The number of amides is 2. The van der Waals surface area contributed by atoms with E-state index >= 15 is 0 Å². The van der Waals surface area contributed by atoms with Gasteiger partial charge in [0.05, 0.1) is 10.7 Å². The minimum atomic E-state index is -3.38. The lowest BCUT2D eigenvalue weighted by atomic mass is 9.63. The molecule has 8 nitrogen and oxygen atoms in total. The van der Waals surface area contributed by atoms with E-state index in [1.165, 1.54) is 24.8 Å². The van der Waals surface area contributed by atoms with Gasteiger partial charge in [0.25, 0.3) is 0 Å². The van der Waals surface area contributed by atoms with Crippen LogP contribution in [0, 0.1) is 17.3 Å². The van der Waals surface area contributed by atoms with Crippen molar-refractivity contribution < 1.29 is 18.0 Å². The Kier molecular flexibility index (Phi) is 10.1. The predicted molar refractivity (Wildman–Crippen MR) is 186 cm³/mol. The Morgan fingerprint density at radius 3 is 2.30 bits per heavy atom. The maximum atomic E-state index is 14.3. The van der Waals surface area contributed by atoms with Crippen LogP contribution in [0.4, 0.5) is 0 Å². The average Bonchev–Trinajstić information content (AvgIpc) is 3.27. The summed E-state index contributed by atoms with van der Waals surface area (Å²) in [6.45, 7) is 5.88. The molecular weight excluding hydrogens is 632 g/mol. The highest BCUT2D eigenvalue weighted by atomic mass is 35.5. The van der Waals surface area contributed by atoms with E-state index in [1.54, 1.807) is 16.4 Å². The van der Waals surface area contributed by atoms with Crippen LogP contribution >= 0.6 is 11.6 Å². The number of carbonyl (C=O) groups excluding carboxylic acids is 2. The van der Waals surface area contributed by atoms with Crippen LogP contribution in [0.5, 0.6) is 0 Å². The van der Waals surface area contributed by atoms with Crippen molar-refractivity contribution >= 4 is 33.4 Å². The first-order valence-corrected chi connectivity index (χ1v) is 19.4. The third-order valence-electron chi connectivity index (χ3n) is 11.9. The highest BCUT2D eigenvalue weighted by Crippen LogP contribution is 2.48. The van der Waals surface area contributed by atoms with Gasteiger partial charge in [-0.25, -0.2) is 12.7 Å². The zero-order valence-electron chi connectivity index (χ0n) is 27.9. The number of aryl methyl sites for hydroxylation is 1. The molecule has 3 N–H and O–H groups in total. The lowest BCUT2D eigenvalue weighted by molar-refractivity contribution is -0.140. The Morgan fingerprint density at radius 2 is 1.64 bits per heavy atom. The van der Waals surface area contributed by atoms with Gasteiger partial charge in [0.1, 0.15) is 6.04 Å². The van der Waals surface area contributed by atoms with Crippen LogP contribution in [0.25, 0.3) is 0 Å². The number of likely N-dealkylation sites (tertiary alicyclic amines) is 1. The smallest absolute Gasteiger partial charge is 0.245 e. The van der Waals surface area contributed by atoms with Crippen molar-refractivity contribution in [2.24, 2.45) is 23.0 Å². The Hall–Kier alpha value is -2.46. The number of nitrogens with one attached hydrogen (secondary N) is 1. The van der Waals surface area contributed by atoms with Gasteiger partial charge in [0.15, 0.2) is 0 Å². The molecular formula is C37H51ClN4O4S. The monoisotopic (exact) mass is 682 g/mol. The number of hydrogen-bond acceptors (Lipinski definition) is 5. The second-order valence-electron chi connectivity index (χ2n) is 15.1. The number of sulfonamides is 1. The molecule has 47 heavy (non-hydrogen) atoms. The Morgan fingerprint density at radius 1 is 0.957 bits per heavy atom. The van der Waals surface area contributed by atoms with Crippen LogP contribution in [-0.2, 0) is 32.5 Å². The summed E-state index contributed by atoms with van der Waals surface area (Å²) in [5.74, 6) is -0.245. The van der Waals surface area contributed by atoms with Crippen LogP contribution in [0.1, 0.15) is 94.4 Å². The topological polar surface area (TPSA) is 113 Å². The number of hydrogen-bond donors (Lipinski definition) is 2. The normalized spacial score (nSPS) is 26.3. The largest absolute Gasteiger partial charge is 0.344 e. The summed E-state index contributed by atoms with van der Waals surface area (Å²) < 4.78 is 28.0. The number of benzene rings is 2. The van der Waals surface area contributed by atoms with E-state index < -0.39 is 32.8 Å². The van der Waals surface area contributed by atoms with Gasteiger partial charge in [0, 0.05) is 43.7 Å². The summed E-state index contributed by atoms with van der Waals surface area (Å²) >= 11 is 6.16. The number of nitrogens with two attached hydrogens (primary N) is 1. The van der Waals surface area contributed by atoms with Crippen molar-refractivity contribution in [2.45, 2.75) is 101 Å². The molecule has 1 saturated carbocycles. The van der Waals surface area contributed by atoms with Gasteiger partial charge >= 0.3 is 0 Å². The van der Waals surface area contributed by atoms with Gasteiger partial charge < -0.3 is 16.0 Å². The zero-order valence-corrected chi connectivity index (χ0v) is 29.5. The lowest BCUT2D eigenvalue weighted by Crippen LogP contribution is -2.57. The molecule has 2 aromatic carbocycles. The van der Waals surface area contributed by atoms with E-state index in [9.17, 15) is 18.0 Å². The quantitative estimate of drug-likeness (QED) is 0.375. The lowest BCUT2D eigenvalue weighted by Gasteiger charge is -2.50. The number of rotatable bonds is 8. The minimum absolute atomic E-state index is 0.0924. The molecule has 2 heterocycles. The molecule has 2 aliphatic heterocycles. The van der Waals surface area contributed by atoms with Gasteiger partial charge in [-0.05, 0) is 98.9 Å². The first-order valence-electron chi connectivity index (χ1n) is 17.6. The molecule has 0 radical (unpaired) electrons. The fourth-order valence-corrected chi connectivity index (χ4v) is 10.7. The number of nitrogens with zero attached hydrogens (tertiary/aromatic N) is 2. The van der Waals surface area contributed by atoms with Gasteiger partial charge in [-0.1, -0.05) is 67.3 Å². The minimum Gasteiger partial charge on any atom is -0.344 e. The summed E-state index contributed by atoms with van der Waals surface area (Å²) in [6, 6.07) is 14.3. The van der Waals surface area contributed by atoms with Crippen LogP contribution in [0.2, 0.25) is 5.02 Å². The Labute approximate surface area is 285 Å². The Bertz CT molecular complexity index is 1550. The fourth-order valence-electron chi connectivity index (χ4n) is 8.73. The highest BCUT2D eigenvalue weighted by Gasteiger charge is 2.51. The number of piperidine rings is 1. The van der Waals surface area contributed by atoms with Crippen LogP contribution in [0.15, 0.2) is 48.5 Å². The molecule has 0 aromatic heterocycles. The summed E-state index contributed by atoms with van der Waals surface area (Å²) in [4.78, 5) is 30.1. The van der Waals surface area contributed by atoms with E-state index in [-0.39, 0.29) is 17.2 Å². The van der Waals surface area contributed by atoms with Crippen molar-refractivity contribution in [3.8, 4) is 0 Å². The predicted octanol–water partition coefficient (Wildman–Crippen LogP) is 5.63. The third-order valence-corrected chi connectivity index (χ3v) is 14.8. The first kappa shape index (κ1) is 34.4. The van der Waals surface area contributed by atoms with Crippen molar-refractivity contribution in [3.05, 3.63) is 70.2 Å². The second-order valence-corrected chi connectivity index (χ2v) is 18.1. The van der Waals surface area contributed by atoms with E-state index in [4.69, 9.17) is 17.3 Å². The SMILES string of the molecule is CC1(C)CCN(CC2(C3CCCCC3)CCN(C(=O)[C@@H](Cc3ccc(Cl)cc3)NC(=O)C3CCc4ccccc4C3N)CC2)S1(=O)=O. The molecule has 0 spiro atoms. The molecule has 2 saturated heterocycles. The summed E-state index contributed by atoms with van der Waals surface area (Å²) in [5, 5.41) is 3.76. The zero-order chi connectivity index (χ0) is 33.4. The van der Waals surface area contributed by atoms with Crippen molar-refractivity contribution in [3.63, 3.8) is 0 Å². The van der Waals surface area contributed by atoms with Gasteiger partial charge in [-0.2, -0.15) is 0 Å². The number of fused-ring (bicyclic) bond motifs is 1. The van der Waals surface area contributed by atoms with Crippen LogP contribution in [-0.4, -0.2) is 66.4 Å². The maximum absolute atomic E-state index is 14.3. The average molecular weight is 683 g/mol. The Balaban J connectivity index is 1.20. The van der Waals surface area contributed by atoms with E-state index in [2.05, 4.69) is 11.4 Å². The summed E-state index contributed by atoms with van der Waals surface area (Å²) in [5.41, 5.74) is 9.59. The molecule has 2 unspecified atom stereocenters. The van der Waals surface area contributed by atoms with Gasteiger partial charge in [-0.3, -0.25) is 9.59 Å². The van der Waals surface area contributed by atoms with Gasteiger partial charge in [0.2, 0.25) is 21.8 Å². The van der Waals surface area contributed by atoms with Crippen LogP contribution in [0.3, 0.4) is 0 Å². The third kappa shape index (κ3) is 7.01. The molecule has 0 bridgehead atoms. The molecule has 3 atom stereocenters. The van der Waals surface area contributed by atoms with E-state index in [0.717, 1.165) is 43.2 Å². The summed E-state index contributed by atoms with van der Waals surface area (Å²) in [7, 11) is -3.38. The van der Waals surface area contributed by atoms with E-state index in [1.807, 2.05) is 49.1 Å². The summed E-state index contributed by atoms with van der Waals surface area (Å²) in [6.07, 6.45) is 9.75. The molecule has 3 fully saturated rings. The molecule has 256 valence electrons. The molecule has 2 aliphatic carbocycles. The van der Waals surface area contributed by atoms with Crippen molar-refractivity contribution in [1.82, 2.24) is 14.5 Å². The molecule has 4 aliphatic rings. The fraction of sp³-hybridized carbons (Fsp3) is 0.622. The highest BCUT2D eigenvalue weighted by molar-refractivity contribution is 7.90.